The molecule has 0 saturated heterocycles. The molecule has 2 aromatic heterocycles. The van der Waals surface area contributed by atoms with Crippen LogP contribution < -0.4 is 4.90 Å². The maximum atomic E-state index is 12.2. The number of rotatable bonds is 3. The van der Waals surface area contributed by atoms with Gasteiger partial charge in [-0.05, 0) is 12.1 Å². The fraction of sp³-hybridized carbons (Fsp3) is 0.0833. The highest BCUT2D eigenvalue weighted by Crippen LogP contribution is 2.29. The second kappa shape index (κ2) is 4.49. The van der Waals surface area contributed by atoms with Gasteiger partial charge in [-0.1, -0.05) is 0 Å². The van der Waals surface area contributed by atoms with E-state index in [2.05, 4.69) is 9.97 Å². The molecule has 3 heterocycles. The average Bonchev–Trinajstić information content (AvgIpc) is 2.94. The van der Waals surface area contributed by atoms with Crippen molar-refractivity contribution in [3.63, 3.8) is 0 Å². The minimum absolute atomic E-state index is 0.0903. The van der Waals surface area contributed by atoms with E-state index in [0.717, 1.165) is 16.2 Å². The van der Waals surface area contributed by atoms with Crippen molar-refractivity contribution in [2.45, 2.75) is 6.42 Å². The number of hydrogen-bond donors (Lipinski definition) is 1. The van der Waals surface area contributed by atoms with Crippen molar-refractivity contribution in [1.29, 1.82) is 0 Å². The van der Waals surface area contributed by atoms with Gasteiger partial charge in [0, 0.05) is 11.6 Å². The third-order valence-electron chi connectivity index (χ3n) is 2.71. The highest BCUT2D eigenvalue weighted by molar-refractivity contribution is 7.14. The summed E-state index contributed by atoms with van der Waals surface area (Å²) < 4.78 is 0. The van der Waals surface area contributed by atoms with E-state index in [1.54, 1.807) is 6.07 Å². The molecule has 0 bridgehead atoms. The monoisotopic (exact) mass is 289 g/mol. The number of anilines is 1. The summed E-state index contributed by atoms with van der Waals surface area (Å²) in [5.41, 5.74) is 0.627. The maximum Gasteiger partial charge on any atom is 0.309 e. The first-order valence-electron chi connectivity index (χ1n) is 5.58. The first-order valence-corrected chi connectivity index (χ1v) is 6.46. The highest BCUT2D eigenvalue weighted by atomic mass is 32.1. The number of thiazole rings is 1. The van der Waals surface area contributed by atoms with Gasteiger partial charge in [0.15, 0.2) is 5.13 Å². The number of hydrogen-bond acceptors (Lipinski definition) is 6. The molecule has 3 rings (SSSR count). The van der Waals surface area contributed by atoms with Gasteiger partial charge in [0.25, 0.3) is 11.8 Å². The summed E-state index contributed by atoms with van der Waals surface area (Å²) in [7, 11) is 0. The average molecular weight is 289 g/mol. The van der Waals surface area contributed by atoms with Crippen LogP contribution in [0.15, 0.2) is 23.7 Å². The lowest BCUT2D eigenvalue weighted by Crippen LogP contribution is -2.29. The molecule has 100 valence electrons. The lowest BCUT2D eigenvalue weighted by molar-refractivity contribution is -0.136. The molecule has 1 aliphatic heterocycles. The van der Waals surface area contributed by atoms with Crippen LogP contribution >= 0.6 is 11.3 Å². The Labute approximate surface area is 116 Å². The molecule has 2 amide bonds. The van der Waals surface area contributed by atoms with E-state index in [0.29, 0.717) is 5.69 Å². The van der Waals surface area contributed by atoms with E-state index in [1.807, 2.05) is 0 Å². The molecule has 1 N–H and O–H groups in total. The SMILES string of the molecule is O=C(O)Cc1csc(N2C(=O)c3cccnc3C2=O)n1. The van der Waals surface area contributed by atoms with Crippen LogP contribution in [0.5, 0.6) is 0 Å². The van der Waals surface area contributed by atoms with E-state index in [-0.39, 0.29) is 22.8 Å². The predicted molar refractivity (Wildman–Crippen MR) is 68.8 cm³/mol. The largest absolute Gasteiger partial charge is 0.481 e. The van der Waals surface area contributed by atoms with Gasteiger partial charge in [0.2, 0.25) is 0 Å². The minimum atomic E-state index is -1.02. The predicted octanol–water partition coefficient (Wildman–Crippen LogP) is 0.966. The highest BCUT2D eigenvalue weighted by Gasteiger charge is 2.39. The molecular weight excluding hydrogens is 282 g/mol. The Hall–Kier alpha value is -2.61. The standard InChI is InChI=1S/C12H7N3O4S/c16-8(17)4-6-5-20-12(14-6)15-10(18)7-2-1-3-13-9(7)11(15)19/h1-3,5H,4H2,(H,16,17). The molecule has 20 heavy (non-hydrogen) atoms. The van der Waals surface area contributed by atoms with E-state index < -0.39 is 17.8 Å². The smallest absolute Gasteiger partial charge is 0.309 e. The van der Waals surface area contributed by atoms with Crippen molar-refractivity contribution in [1.82, 2.24) is 9.97 Å². The Morgan fingerprint density at radius 1 is 1.35 bits per heavy atom. The van der Waals surface area contributed by atoms with Crippen LogP contribution in [-0.2, 0) is 11.2 Å². The second-order valence-electron chi connectivity index (χ2n) is 4.04. The lowest BCUT2D eigenvalue weighted by Gasteiger charge is -2.08. The number of imide groups is 1. The molecule has 8 heteroatoms. The molecule has 0 radical (unpaired) electrons. The number of aromatic nitrogens is 2. The summed E-state index contributed by atoms with van der Waals surface area (Å²) in [6.07, 6.45) is 1.18. The Morgan fingerprint density at radius 2 is 2.15 bits per heavy atom. The zero-order chi connectivity index (χ0) is 14.3. The van der Waals surface area contributed by atoms with Gasteiger partial charge < -0.3 is 5.11 Å². The van der Waals surface area contributed by atoms with Gasteiger partial charge in [-0.25, -0.2) is 9.88 Å². The van der Waals surface area contributed by atoms with Crippen molar-refractivity contribution < 1.29 is 19.5 Å². The van der Waals surface area contributed by atoms with Gasteiger partial charge in [0.05, 0.1) is 17.7 Å². The van der Waals surface area contributed by atoms with Gasteiger partial charge in [-0.2, -0.15) is 0 Å². The summed E-state index contributed by atoms with van der Waals surface area (Å²) in [5, 5.41) is 10.4. The van der Waals surface area contributed by atoms with Crippen LogP contribution in [-0.4, -0.2) is 32.9 Å². The van der Waals surface area contributed by atoms with Crippen molar-refractivity contribution in [2.24, 2.45) is 0 Å². The number of carboxylic acid groups (broad SMARTS) is 1. The van der Waals surface area contributed by atoms with Crippen molar-refractivity contribution >= 4 is 34.3 Å². The summed E-state index contributed by atoms with van der Waals surface area (Å²) in [4.78, 5) is 43.7. The Kier molecular flexibility index (Phi) is 2.79. The van der Waals surface area contributed by atoms with Crippen molar-refractivity contribution in [2.75, 3.05) is 4.90 Å². The van der Waals surface area contributed by atoms with Crippen LogP contribution in [0.1, 0.15) is 26.5 Å². The van der Waals surface area contributed by atoms with Crippen molar-refractivity contribution in [3.8, 4) is 0 Å². The molecule has 0 spiro atoms. The first-order chi connectivity index (χ1) is 9.58. The fourth-order valence-electron chi connectivity index (χ4n) is 1.88. The van der Waals surface area contributed by atoms with Gasteiger partial charge in [-0.15, -0.1) is 11.3 Å². The molecular formula is C12H7N3O4S. The molecule has 2 aromatic rings. The number of carbonyl (C=O) groups is 3. The number of pyridine rings is 1. The van der Waals surface area contributed by atoms with E-state index in [1.165, 1.54) is 17.6 Å². The van der Waals surface area contributed by atoms with E-state index in [9.17, 15) is 14.4 Å². The number of fused-ring (bicyclic) bond motifs is 1. The zero-order valence-corrected chi connectivity index (χ0v) is 10.8. The van der Waals surface area contributed by atoms with Crippen LogP contribution in [0.4, 0.5) is 5.13 Å². The Bertz CT molecular complexity index is 705. The molecule has 0 fully saturated rings. The second-order valence-corrected chi connectivity index (χ2v) is 4.87. The Balaban J connectivity index is 1.96. The Morgan fingerprint density at radius 3 is 2.85 bits per heavy atom. The fourth-order valence-corrected chi connectivity index (χ4v) is 2.69. The minimum Gasteiger partial charge on any atom is -0.481 e. The van der Waals surface area contributed by atoms with Gasteiger partial charge in [0.1, 0.15) is 5.69 Å². The summed E-state index contributed by atoms with van der Waals surface area (Å²) >= 11 is 1.05. The summed E-state index contributed by atoms with van der Waals surface area (Å²) in [5.74, 6) is -2.05. The number of carboxylic acids is 1. The first kappa shape index (κ1) is 12.4. The summed E-state index contributed by atoms with van der Waals surface area (Å²) in [6.45, 7) is 0. The molecule has 7 nitrogen and oxygen atoms in total. The number of nitrogens with zero attached hydrogens (tertiary/aromatic N) is 3. The van der Waals surface area contributed by atoms with Gasteiger partial charge in [-0.3, -0.25) is 19.4 Å². The van der Waals surface area contributed by atoms with Crippen LogP contribution in [0, 0.1) is 0 Å². The third-order valence-corrected chi connectivity index (χ3v) is 3.58. The number of carbonyl (C=O) groups excluding carboxylic acids is 2. The summed E-state index contributed by atoms with van der Waals surface area (Å²) in [6, 6.07) is 3.10. The van der Waals surface area contributed by atoms with Gasteiger partial charge >= 0.3 is 5.97 Å². The van der Waals surface area contributed by atoms with Crippen LogP contribution in [0.2, 0.25) is 0 Å². The molecule has 1 aliphatic rings. The number of aliphatic carboxylic acids is 1. The molecule has 0 saturated carbocycles. The molecule has 0 atom stereocenters. The number of amides is 2. The van der Waals surface area contributed by atoms with E-state index in [4.69, 9.17) is 5.11 Å². The lowest BCUT2D eigenvalue weighted by atomic mass is 10.2. The van der Waals surface area contributed by atoms with Crippen LogP contribution in [0.25, 0.3) is 0 Å². The quantitative estimate of drug-likeness (QED) is 0.845. The topological polar surface area (TPSA) is 100 Å². The van der Waals surface area contributed by atoms with Crippen LogP contribution in [0.3, 0.4) is 0 Å². The molecule has 0 unspecified atom stereocenters. The van der Waals surface area contributed by atoms with Crippen molar-refractivity contribution in [3.05, 3.63) is 40.7 Å². The molecule has 0 aliphatic carbocycles. The van der Waals surface area contributed by atoms with E-state index >= 15 is 0 Å². The third kappa shape index (κ3) is 1.86. The normalized spacial score (nSPS) is 13.7. The maximum absolute atomic E-state index is 12.2. The zero-order valence-electron chi connectivity index (χ0n) is 9.94. The molecule has 0 aromatic carbocycles.